The van der Waals surface area contributed by atoms with Gasteiger partial charge in [0.15, 0.2) is 5.78 Å². The molecule has 2 N–H and O–H groups in total. The van der Waals surface area contributed by atoms with Crippen molar-refractivity contribution in [2.75, 3.05) is 43.5 Å². The van der Waals surface area contributed by atoms with E-state index in [0.717, 1.165) is 111 Å². The zero-order valence-corrected chi connectivity index (χ0v) is 40.6. The lowest BCUT2D eigenvalue weighted by Gasteiger charge is -2.29. The summed E-state index contributed by atoms with van der Waals surface area (Å²) in [6.07, 6.45) is 7.96. The number of ether oxygens (including phenoxy) is 1. The summed E-state index contributed by atoms with van der Waals surface area (Å²) in [5, 5.41) is 14.6. The molecular weight excluding hydrogens is 842 g/mol. The molecule has 7 rings (SSSR count). The Balaban J connectivity index is 0.00000335. The van der Waals surface area contributed by atoms with Crippen LogP contribution in [0.25, 0.3) is 22.0 Å². The van der Waals surface area contributed by atoms with Gasteiger partial charge in [-0.2, -0.15) is 5.10 Å². The number of benzene rings is 3. The van der Waals surface area contributed by atoms with Crippen molar-refractivity contribution in [3.63, 3.8) is 0 Å². The van der Waals surface area contributed by atoms with Gasteiger partial charge in [-0.15, -0.1) is 0 Å². The zero-order chi connectivity index (χ0) is 46.2. The van der Waals surface area contributed by atoms with Gasteiger partial charge < -0.3 is 29.6 Å². The molecule has 4 heterocycles. The summed E-state index contributed by atoms with van der Waals surface area (Å²) in [6, 6.07) is 19.3. The predicted molar refractivity (Wildman–Crippen MR) is 265 cm³/mol. The van der Waals surface area contributed by atoms with Crippen molar-refractivity contribution in [2.45, 2.75) is 105 Å². The summed E-state index contributed by atoms with van der Waals surface area (Å²) in [7, 11) is 3.96. The van der Waals surface area contributed by atoms with Gasteiger partial charge in [-0.25, -0.2) is 0 Å². The molecule has 1 fully saturated rings. The minimum Gasteiger partial charge on any atom is -0.494 e. The predicted octanol–water partition coefficient (Wildman–Crippen LogP) is 11.5. The Morgan fingerprint density at radius 1 is 0.938 bits per heavy atom. The third-order valence-corrected chi connectivity index (χ3v) is 13.5. The Morgan fingerprint density at radius 3 is 2.31 bits per heavy atom. The van der Waals surface area contributed by atoms with Crippen molar-refractivity contribution >= 4 is 58.1 Å². The minimum atomic E-state index is 0.0351. The van der Waals surface area contributed by atoms with Gasteiger partial charge in [-0.3, -0.25) is 14.5 Å². The monoisotopic (exact) mass is 905 g/mol. The second-order valence-corrected chi connectivity index (χ2v) is 18.3. The standard InChI is InChI=1S/C51H63Cl2N7O2.CH2O/c1-31-22-39(51-40(23-31)27-46(37(7)61)60(51)30-41-28-42(17-18-55-41)59-19-11-10-12-20-59)26-38(14-13-21-62-43-24-32(2)49(53)33(3)25-43)44-15-16-45(52)48(50(44)56-34(4)29-54-8)47-35(5)57-58(9)36(47)6;1-2/h15-18,22-25,27-28,34,38,54,56H,10-14,19-21,26,29-30H2,1-9H3;1H2/t34-,38?;/m1./s1. The number of carbonyl (C=O) groups excluding carboxylic acids is 2. The highest BCUT2D eigenvalue weighted by molar-refractivity contribution is 6.34. The molecule has 1 unspecified atom stereocenters. The maximum Gasteiger partial charge on any atom is 0.176 e. The first-order chi connectivity index (χ1) is 30.7. The first-order valence-electron chi connectivity index (χ1n) is 22.5. The molecule has 0 spiro atoms. The molecule has 0 amide bonds. The molecule has 1 aliphatic heterocycles. The molecule has 1 aliphatic rings. The smallest absolute Gasteiger partial charge is 0.176 e. The third-order valence-electron chi connectivity index (χ3n) is 12.5. The Kier molecular flexibility index (Phi) is 16.4. The third kappa shape index (κ3) is 10.8. The van der Waals surface area contributed by atoms with Crippen LogP contribution in [0.4, 0.5) is 11.4 Å². The Hall–Kier alpha value is -5.16. The average Bonchev–Trinajstić information content (AvgIpc) is 3.76. The summed E-state index contributed by atoms with van der Waals surface area (Å²) in [4.78, 5) is 28.8. The first-order valence-corrected chi connectivity index (χ1v) is 23.3. The number of hydrogen-bond acceptors (Lipinski definition) is 8. The number of Topliss-reactive ketones (excluding diaryl/α,β-unsaturated/α-hetero) is 1. The first kappa shape index (κ1) is 48.3. The molecule has 0 bridgehead atoms. The van der Waals surface area contributed by atoms with Gasteiger partial charge in [0.05, 0.1) is 40.8 Å². The van der Waals surface area contributed by atoms with Gasteiger partial charge in [-0.1, -0.05) is 40.9 Å². The van der Waals surface area contributed by atoms with E-state index >= 15 is 0 Å². The van der Waals surface area contributed by atoms with E-state index in [1.165, 1.54) is 36.1 Å². The highest BCUT2D eigenvalue weighted by Crippen LogP contribution is 2.45. The molecule has 1 saturated heterocycles. The number of aromatic nitrogens is 4. The van der Waals surface area contributed by atoms with Crippen LogP contribution in [0.15, 0.2) is 60.8 Å². The molecule has 340 valence electrons. The van der Waals surface area contributed by atoms with Gasteiger partial charge in [0, 0.05) is 84.4 Å². The quantitative estimate of drug-likeness (QED) is 0.0688. The van der Waals surface area contributed by atoms with E-state index < -0.39 is 0 Å². The van der Waals surface area contributed by atoms with E-state index in [9.17, 15) is 4.79 Å². The molecule has 10 nitrogen and oxygen atoms in total. The average molecular weight is 907 g/mol. The lowest BCUT2D eigenvalue weighted by Crippen LogP contribution is -2.29. The van der Waals surface area contributed by atoms with E-state index in [1.807, 2.05) is 57.7 Å². The van der Waals surface area contributed by atoms with E-state index in [1.54, 1.807) is 6.92 Å². The summed E-state index contributed by atoms with van der Waals surface area (Å²) >= 11 is 13.8. The zero-order valence-electron chi connectivity index (χ0n) is 39.1. The minimum absolute atomic E-state index is 0.0351. The van der Waals surface area contributed by atoms with Gasteiger partial charge in [0.25, 0.3) is 0 Å². The van der Waals surface area contributed by atoms with E-state index in [-0.39, 0.29) is 17.7 Å². The summed E-state index contributed by atoms with van der Waals surface area (Å²) in [6.45, 7) is 20.1. The number of aryl methyl sites for hydroxylation is 5. The topological polar surface area (TPSA) is 106 Å². The van der Waals surface area contributed by atoms with Crippen molar-refractivity contribution in [3.05, 3.63) is 121 Å². The van der Waals surface area contributed by atoms with Crippen molar-refractivity contribution in [2.24, 2.45) is 7.05 Å². The van der Waals surface area contributed by atoms with Crippen LogP contribution in [0.5, 0.6) is 5.75 Å². The Bertz CT molecular complexity index is 2570. The second-order valence-electron chi connectivity index (χ2n) is 17.5. The van der Waals surface area contributed by atoms with Crippen molar-refractivity contribution in [1.82, 2.24) is 24.6 Å². The van der Waals surface area contributed by atoms with Crippen LogP contribution in [0.2, 0.25) is 10.0 Å². The lowest BCUT2D eigenvalue weighted by atomic mass is 9.84. The van der Waals surface area contributed by atoms with Crippen LogP contribution >= 0.6 is 23.2 Å². The molecule has 64 heavy (non-hydrogen) atoms. The fourth-order valence-electron chi connectivity index (χ4n) is 9.56. The summed E-state index contributed by atoms with van der Waals surface area (Å²) < 4.78 is 10.6. The fourth-order valence-corrected chi connectivity index (χ4v) is 9.92. The number of ketones is 1. The maximum atomic E-state index is 13.5. The number of pyridine rings is 1. The molecule has 3 aromatic heterocycles. The Morgan fingerprint density at radius 2 is 1.66 bits per heavy atom. The highest BCUT2D eigenvalue weighted by Gasteiger charge is 2.27. The van der Waals surface area contributed by atoms with E-state index in [2.05, 4.69) is 90.3 Å². The number of nitrogens with one attached hydrogen (secondary N) is 2. The van der Waals surface area contributed by atoms with Crippen LogP contribution in [0.1, 0.15) is 107 Å². The molecule has 3 aromatic carbocycles. The molecule has 0 aliphatic carbocycles. The highest BCUT2D eigenvalue weighted by atomic mass is 35.5. The van der Waals surface area contributed by atoms with E-state index in [0.29, 0.717) is 23.9 Å². The van der Waals surface area contributed by atoms with E-state index in [4.69, 9.17) is 42.8 Å². The number of hydrogen-bond donors (Lipinski definition) is 2. The van der Waals surface area contributed by atoms with Gasteiger partial charge >= 0.3 is 0 Å². The molecule has 0 saturated carbocycles. The molecule has 0 radical (unpaired) electrons. The number of carbonyl (C=O) groups is 2. The largest absolute Gasteiger partial charge is 0.494 e. The van der Waals surface area contributed by atoms with Crippen LogP contribution in [-0.2, 0) is 24.8 Å². The summed E-state index contributed by atoms with van der Waals surface area (Å²) in [5.74, 6) is 0.904. The number of nitrogens with zero attached hydrogens (tertiary/aromatic N) is 5. The number of likely N-dealkylation sites (N-methyl/N-ethyl adjacent to an activating group) is 1. The fraction of sp³-hybridized carbons (Fsp3) is 0.423. The number of piperidine rings is 1. The second kappa shape index (κ2) is 21.7. The van der Waals surface area contributed by atoms with Crippen LogP contribution in [-0.4, -0.2) is 71.2 Å². The van der Waals surface area contributed by atoms with Crippen LogP contribution in [0.3, 0.4) is 0 Å². The maximum absolute atomic E-state index is 13.5. The number of halogens is 2. The molecule has 6 aromatic rings. The Labute approximate surface area is 389 Å². The number of rotatable bonds is 17. The van der Waals surface area contributed by atoms with Gasteiger partial charge in [0.2, 0.25) is 0 Å². The normalized spacial score (nSPS) is 13.7. The molecule has 12 heteroatoms. The SMILES string of the molecule is C=O.CNC[C@@H](C)Nc1c(C(CCCOc2cc(C)c(Cl)c(C)c2)Cc2cc(C)cc3cc(C(C)=O)n(Cc4cc(N5CCCCC5)ccn4)c23)ccc(Cl)c1-c1c(C)nn(C)c1C. The van der Waals surface area contributed by atoms with Crippen molar-refractivity contribution in [3.8, 4) is 16.9 Å². The van der Waals surface area contributed by atoms with Crippen molar-refractivity contribution < 1.29 is 14.3 Å². The number of fused-ring (bicyclic) bond motifs is 1. The van der Waals surface area contributed by atoms with Gasteiger partial charge in [0.1, 0.15) is 12.5 Å². The van der Waals surface area contributed by atoms with Crippen LogP contribution < -0.4 is 20.3 Å². The summed E-state index contributed by atoms with van der Waals surface area (Å²) in [5.41, 5.74) is 14.5. The molecular formula is C52H65Cl2N7O3. The number of anilines is 2. The lowest BCUT2D eigenvalue weighted by molar-refractivity contribution is -0.0980. The molecule has 2 atom stereocenters. The van der Waals surface area contributed by atoms with Crippen molar-refractivity contribution in [1.29, 1.82) is 0 Å². The van der Waals surface area contributed by atoms with Gasteiger partial charge in [-0.05, 0) is 158 Å². The van der Waals surface area contributed by atoms with Crippen LogP contribution in [0, 0.1) is 34.6 Å².